The Balaban J connectivity index is 1.72. The molecule has 0 atom stereocenters. The Morgan fingerprint density at radius 2 is 1.80 bits per heavy atom. The second-order valence-corrected chi connectivity index (χ2v) is 6.62. The molecule has 0 bridgehead atoms. The van der Waals surface area contributed by atoms with Crippen LogP contribution in [0.2, 0.25) is 5.02 Å². The second-order valence-electron chi connectivity index (χ2n) is 6.19. The quantitative estimate of drug-likeness (QED) is 0.382. The Hall–Kier alpha value is -2.58. The van der Waals surface area contributed by atoms with Crippen LogP contribution in [0, 0.1) is 0 Å². The van der Waals surface area contributed by atoms with Gasteiger partial charge in [-0.1, -0.05) is 61.8 Å². The third-order valence-corrected chi connectivity index (χ3v) is 4.23. The topological polar surface area (TPSA) is 30.2 Å². The van der Waals surface area contributed by atoms with E-state index >= 15 is 0 Å². The molecule has 0 radical (unpaired) electrons. The van der Waals surface area contributed by atoms with Crippen molar-refractivity contribution in [2.75, 3.05) is 0 Å². The molecule has 3 rings (SSSR count). The van der Waals surface area contributed by atoms with E-state index in [0.717, 1.165) is 11.3 Å². The van der Waals surface area contributed by atoms with Crippen LogP contribution >= 0.6 is 11.6 Å². The number of benzene rings is 2. The van der Waals surface area contributed by atoms with Gasteiger partial charge in [0.25, 0.3) is 0 Å². The highest BCUT2D eigenvalue weighted by molar-refractivity contribution is 6.30. The molecule has 2 nitrogen and oxygen atoms in total. The van der Waals surface area contributed by atoms with Crippen LogP contribution in [0.15, 0.2) is 71.2 Å². The molecule has 0 saturated carbocycles. The third-order valence-electron chi connectivity index (χ3n) is 4.00. The zero-order valence-corrected chi connectivity index (χ0v) is 15.0. The summed E-state index contributed by atoms with van der Waals surface area (Å²) in [6.45, 7) is 4.26. The highest BCUT2D eigenvalue weighted by atomic mass is 35.5. The summed E-state index contributed by atoms with van der Waals surface area (Å²) in [6.07, 6.45) is 3.22. The van der Waals surface area contributed by atoms with E-state index in [1.807, 2.05) is 60.7 Å². The summed E-state index contributed by atoms with van der Waals surface area (Å²) in [5.74, 6) is 1.75. The van der Waals surface area contributed by atoms with Gasteiger partial charge >= 0.3 is 0 Å². The standard InChI is InChI=1S/C22H19ClO2/c1-15(2)16-6-8-17(9-7-16)21(24)12-10-20-11-13-22(25-20)18-4-3-5-19(23)14-18/h3-15H,1-2H3/b12-10+. The molecule has 0 spiro atoms. The highest BCUT2D eigenvalue weighted by Gasteiger charge is 2.06. The first-order valence-electron chi connectivity index (χ1n) is 8.21. The van der Waals surface area contributed by atoms with Crippen LogP contribution in [0.4, 0.5) is 0 Å². The van der Waals surface area contributed by atoms with Crippen LogP contribution in [0.5, 0.6) is 0 Å². The number of hydrogen-bond donors (Lipinski definition) is 0. The largest absolute Gasteiger partial charge is 0.457 e. The molecule has 0 aliphatic heterocycles. The van der Waals surface area contributed by atoms with Gasteiger partial charge in [-0.25, -0.2) is 0 Å². The highest BCUT2D eigenvalue weighted by Crippen LogP contribution is 2.25. The van der Waals surface area contributed by atoms with Crippen molar-refractivity contribution in [3.63, 3.8) is 0 Å². The molecule has 0 unspecified atom stereocenters. The maximum atomic E-state index is 12.3. The lowest BCUT2D eigenvalue weighted by Crippen LogP contribution is -1.95. The van der Waals surface area contributed by atoms with E-state index < -0.39 is 0 Å². The van der Waals surface area contributed by atoms with Crippen molar-refractivity contribution in [1.29, 1.82) is 0 Å². The summed E-state index contributed by atoms with van der Waals surface area (Å²) in [5.41, 5.74) is 2.79. The molecular weight excluding hydrogens is 332 g/mol. The fourth-order valence-electron chi connectivity index (χ4n) is 2.53. The van der Waals surface area contributed by atoms with Gasteiger partial charge in [-0.05, 0) is 47.9 Å². The minimum Gasteiger partial charge on any atom is -0.457 e. The van der Waals surface area contributed by atoms with Crippen molar-refractivity contribution in [3.8, 4) is 11.3 Å². The molecule has 1 heterocycles. The van der Waals surface area contributed by atoms with Gasteiger partial charge in [-0.2, -0.15) is 0 Å². The number of halogens is 1. The van der Waals surface area contributed by atoms with Crippen molar-refractivity contribution in [2.45, 2.75) is 19.8 Å². The summed E-state index contributed by atoms with van der Waals surface area (Å²) < 4.78 is 5.76. The first kappa shape index (κ1) is 17.2. The van der Waals surface area contributed by atoms with Crippen molar-refractivity contribution in [2.24, 2.45) is 0 Å². The van der Waals surface area contributed by atoms with Crippen molar-refractivity contribution >= 4 is 23.5 Å². The SMILES string of the molecule is CC(C)c1ccc(C(=O)/C=C/c2ccc(-c3cccc(Cl)c3)o2)cc1. The van der Waals surface area contributed by atoms with Crippen LogP contribution in [-0.2, 0) is 0 Å². The predicted octanol–water partition coefficient (Wildman–Crippen LogP) is 6.62. The molecule has 0 amide bonds. The van der Waals surface area contributed by atoms with Gasteiger partial charge in [-0.3, -0.25) is 4.79 Å². The number of carbonyl (C=O) groups excluding carboxylic acids is 1. The maximum absolute atomic E-state index is 12.3. The zero-order valence-electron chi connectivity index (χ0n) is 14.2. The summed E-state index contributed by atoms with van der Waals surface area (Å²) in [7, 11) is 0. The van der Waals surface area contributed by atoms with Crippen LogP contribution < -0.4 is 0 Å². The van der Waals surface area contributed by atoms with Gasteiger partial charge in [0.2, 0.25) is 0 Å². The molecule has 3 heteroatoms. The van der Waals surface area contributed by atoms with Crippen LogP contribution in [0.3, 0.4) is 0 Å². The number of rotatable bonds is 5. The van der Waals surface area contributed by atoms with E-state index in [4.69, 9.17) is 16.0 Å². The Kier molecular flexibility index (Phi) is 5.20. The number of allylic oxidation sites excluding steroid dienone is 1. The van der Waals surface area contributed by atoms with Crippen molar-refractivity contribution in [3.05, 3.63) is 88.6 Å². The molecule has 0 aliphatic rings. The minimum absolute atomic E-state index is 0.0454. The normalized spacial score (nSPS) is 11.4. The summed E-state index contributed by atoms with van der Waals surface area (Å²) in [4.78, 5) is 12.3. The Bertz CT molecular complexity index is 902. The second kappa shape index (κ2) is 7.54. The molecule has 0 saturated heterocycles. The lowest BCUT2D eigenvalue weighted by atomic mass is 10.0. The Morgan fingerprint density at radius 1 is 1.04 bits per heavy atom. The lowest BCUT2D eigenvalue weighted by molar-refractivity contribution is 0.104. The van der Waals surface area contributed by atoms with Crippen molar-refractivity contribution < 1.29 is 9.21 Å². The van der Waals surface area contributed by atoms with E-state index in [0.29, 0.717) is 22.3 Å². The molecule has 25 heavy (non-hydrogen) atoms. The molecule has 0 fully saturated rings. The molecule has 0 aliphatic carbocycles. The van der Waals surface area contributed by atoms with Gasteiger partial charge < -0.3 is 4.42 Å². The summed E-state index contributed by atoms with van der Waals surface area (Å²) >= 11 is 6.00. The van der Waals surface area contributed by atoms with E-state index in [1.54, 1.807) is 6.08 Å². The van der Waals surface area contributed by atoms with Crippen LogP contribution in [0.1, 0.15) is 41.4 Å². The van der Waals surface area contributed by atoms with Gasteiger partial charge in [-0.15, -0.1) is 0 Å². The molecular formula is C22H19ClO2. The Labute approximate surface area is 152 Å². The first-order chi connectivity index (χ1) is 12.0. The monoisotopic (exact) mass is 350 g/mol. The smallest absolute Gasteiger partial charge is 0.185 e. The summed E-state index contributed by atoms with van der Waals surface area (Å²) in [6, 6.07) is 18.9. The van der Waals surface area contributed by atoms with E-state index in [1.165, 1.54) is 11.6 Å². The predicted molar refractivity (Wildman–Crippen MR) is 103 cm³/mol. The third kappa shape index (κ3) is 4.28. The number of hydrogen-bond acceptors (Lipinski definition) is 2. The van der Waals surface area contributed by atoms with Gasteiger partial charge in [0.1, 0.15) is 11.5 Å². The molecule has 0 N–H and O–H groups in total. The van der Waals surface area contributed by atoms with Crippen molar-refractivity contribution in [1.82, 2.24) is 0 Å². The first-order valence-corrected chi connectivity index (χ1v) is 8.59. The van der Waals surface area contributed by atoms with Gasteiger partial charge in [0, 0.05) is 16.1 Å². The fourth-order valence-corrected chi connectivity index (χ4v) is 2.72. The Morgan fingerprint density at radius 3 is 2.48 bits per heavy atom. The number of carbonyl (C=O) groups is 1. The molecule has 3 aromatic rings. The van der Waals surface area contributed by atoms with Crippen LogP contribution in [0.25, 0.3) is 17.4 Å². The fraction of sp³-hybridized carbons (Fsp3) is 0.136. The molecule has 2 aromatic carbocycles. The zero-order chi connectivity index (χ0) is 17.8. The van der Waals surface area contributed by atoms with Crippen LogP contribution in [-0.4, -0.2) is 5.78 Å². The summed E-state index contributed by atoms with van der Waals surface area (Å²) in [5, 5.41) is 0.658. The molecule has 126 valence electrons. The van der Waals surface area contributed by atoms with Gasteiger partial charge in [0.15, 0.2) is 5.78 Å². The number of furan rings is 1. The van der Waals surface area contributed by atoms with E-state index in [2.05, 4.69) is 13.8 Å². The average Bonchev–Trinajstić information content (AvgIpc) is 3.09. The van der Waals surface area contributed by atoms with E-state index in [9.17, 15) is 4.79 Å². The maximum Gasteiger partial charge on any atom is 0.185 e. The average molecular weight is 351 g/mol. The minimum atomic E-state index is -0.0454. The van der Waals surface area contributed by atoms with E-state index in [-0.39, 0.29) is 5.78 Å². The molecule has 1 aromatic heterocycles. The number of ketones is 1. The lowest BCUT2D eigenvalue weighted by Gasteiger charge is -2.04. The van der Waals surface area contributed by atoms with Gasteiger partial charge in [0.05, 0.1) is 0 Å².